The molecule has 1 aromatic rings. The van der Waals surface area contributed by atoms with Crippen LogP contribution in [0.2, 0.25) is 10.0 Å². The molecule has 2 aliphatic heterocycles. The van der Waals surface area contributed by atoms with E-state index in [0.29, 0.717) is 42.8 Å². The summed E-state index contributed by atoms with van der Waals surface area (Å²) >= 11 is 12.1. The Morgan fingerprint density at radius 3 is 2.25 bits per heavy atom. The summed E-state index contributed by atoms with van der Waals surface area (Å²) in [6.07, 6.45) is 1.43. The van der Waals surface area contributed by atoms with Gasteiger partial charge in [-0.15, -0.1) is 0 Å². The first kappa shape index (κ1) is 21.2. The third-order valence-electron chi connectivity index (χ3n) is 5.44. The van der Waals surface area contributed by atoms with E-state index in [4.69, 9.17) is 27.9 Å². The van der Waals surface area contributed by atoms with E-state index in [1.54, 1.807) is 11.8 Å². The summed E-state index contributed by atoms with van der Waals surface area (Å²) in [5.74, 6) is 0.289. The number of carbonyl (C=O) groups is 2. The van der Waals surface area contributed by atoms with Crippen LogP contribution in [0, 0.1) is 5.92 Å². The van der Waals surface area contributed by atoms with Crippen LogP contribution in [0.5, 0.6) is 0 Å². The van der Waals surface area contributed by atoms with Crippen LogP contribution in [0.4, 0.5) is 4.79 Å². The van der Waals surface area contributed by atoms with Gasteiger partial charge in [-0.25, -0.2) is 4.79 Å². The molecule has 2 heterocycles. The van der Waals surface area contributed by atoms with E-state index >= 15 is 0 Å². The molecule has 2 aliphatic rings. The van der Waals surface area contributed by atoms with E-state index in [1.165, 1.54) is 0 Å². The van der Waals surface area contributed by atoms with E-state index in [-0.39, 0.29) is 17.9 Å². The van der Waals surface area contributed by atoms with Crippen molar-refractivity contribution in [3.05, 3.63) is 33.8 Å². The molecule has 0 N–H and O–H groups in total. The highest BCUT2D eigenvalue weighted by Gasteiger charge is 2.31. The Labute approximate surface area is 176 Å². The Morgan fingerprint density at radius 1 is 1.00 bits per heavy atom. The predicted octanol–water partition coefficient (Wildman–Crippen LogP) is 3.51. The van der Waals surface area contributed by atoms with Crippen molar-refractivity contribution in [2.45, 2.75) is 26.3 Å². The Kier molecular flexibility index (Phi) is 7.43. The fraction of sp³-hybridized carbons (Fsp3) is 0.600. The van der Waals surface area contributed by atoms with Crippen LogP contribution in [0.15, 0.2) is 18.2 Å². The van der Waals surface area contributed by atoms with Crippen molar-refractivity contribution < 1.29 is 14.3 Å². The lowest BCUT2D eigenvalue weighted by Crippen LogP contribution is -2.53. The second-order valence-corrected chi connectivity index (χ2v) is 8.12. The van der Waals surface area contributed by atoms with Gasteiger partial charge in [0.25, 0.3) is 0 Å². The van der Waals surface area contributed by atoms with E-state index < -0.39 is 0 Å². The topological polar surface area (TPSA) is 53.1 Å². The molecule has 0 radical (unpaired) electrons. The number of piperazine rings is 1. The van der Waals surface area contributed by atoms with Gasteiger partial charge in [0.2, 0.25) is 5.91 Å². The number of rotatable bonds is 4. The highest BCUT2D eigenvalue weighted by molar-refractivity contribution is 6.42. The van der Waals surface area contributed by atoms with Crippen molar-refractivity contribution in [1.29, 1.82) is 0 Å². The molecule has 3 rings (SSSR count). The molecule has 2 amide bonds. The molecule has 1 aromatic carbocycles. The maximum atomic E-state index is 12.8. The lowest BCUT2D eigenvalue weighted by atomic mass is 9.94. The molecule has 0 atom stereocenters. The van der Waals surface area contributed by atoms with E-state index in [2.05, 4.69) is 4.90 Å². The number of hydrogen-bond donors (Lipinski definition) is 0. The minimum atomic E-state index is -0.287. The number of amides is 2. The molecular weight excluding hydrogens is 401 g/mol. The zero-order valence-corrected chi connectivity index (χ0v) is 17.7. The van der Waals surface area contributed by atoms with Crippen LogP contribution >= 0.6 is 23.2 Å². The van der Waals surface area contributed by atoms with Gasteiger partial charge < -0.3 is 14.5 Å². The molecule has 8 heteroatoms. The Balaban J connectivity index is 1.44. The summed E-state index contributed by atoms with van der Waals surface area (Å²) in [7, 11) is 0. The monoisotopic (exact) mass is 427 g/mol. The van der Waals surface area contributed by atoms with Gasteiger partial charge >= 0.3 is 6.09 Å². The minimum absolute atomic E-state index is 0.0687. The van der Waals surface area contributed by atoms with E-state index in [1.807, 2.05) is 23.1 Å². The Hall–Kier alpha value is -1.50. The van der Waals surface area contributed by atoms with Gasteiger partial charge in [-0.3, -0.25) is 9.69 Å². The highest BCUT2D eigenvalue weighted by Crippen LogP contribution is 2.25. The first-order chi connectivity index (χ1) is 13.5. The zero-order chi connectivity index (χ0) is 20.1. The van der Waals surface area contributed by atoms with Gasteiger partial charge in [0.15, 0.2) is 0 Å². The van der Waals surface area contributed by atoms with Crippen LogP contribution in [-0.2, 0) is 16.1 Å². The van der Waals surface area contributed by atoms with Crippen molar-refractivity contribution >= 4 is 35.2 Å². The summed E-state index contributed by atoms with van der Waals surface area (Å²) in [5, 5.41) is 1.14. The smallest absolute Gasteiger partial charge is 0.409 e. The van der Waals surface area contributed by atoms with E-state index in [9.17, 15) is 9.59 Å². The SMILES string of the molecule is CCOC(=O)N1CCN(C(=O)C2CCN(Cc3ccc(Cl)c(Cl)c3)CC2)CC1. The fourth-order valence-electron chi connectivity index (χ4n) is 3.82. The third-order valence-corrected chi connectivity index (χ3v) is 6.18. The number of carbonyl (C=O) groups excluding carboxylic acids is 2. The molecule has 2 saturated heterocycles. The van der Waals surface area contributed by atoms with Gasteiger partial charge in [0.1, 0.15) is 0 Å². The molecule has 0 unspecified atom stereocenters. The first-order valence-electron chi connectivity index (χ1n) is 9.84. The average molecular weight is 428 g/mol. The molecule has 28 heavy (non-hydrogen) atoms. The highest BCUT2D eigenvalue weighted by atomic mass is 35.5. The first-order valence-corrected chi connectivity index (χ1v) is 10.6. The maximum Gasteiger partial charge on any atom is 0.409 e. The van der Waals surface area contributed by atoms with Crippen molar-refractivity contribution in [3.63, 3.8) is 0 Å². The number of hydrogen-bond acceptors (Lipinski definition) is 4. The summed E-state index contributed by atoms with van der Waals surface area (Å²) in [5.41, 5.74) is 1.13. The molecule has 2 fully saturated rings. The summed E-state index contributed by atoms with van der Waals surface area (Å²) in [6, 6.07) is 5.73. The standard InChI is InChI=1S/C20H27Cl2N3O3/c1-2-28-20(27)25-11-9-24(10-12-25)19(26)16-5-7-23(8-6-16)14-15-3-4-17(21)18(22)13-15/h3-4,13,16H,2,5-12,14H2,1H3. The average Bonchev–Trinajstić information content (AvgIpc) is 2.71. The largest absolute Gasteiger partial charge is 0.450 e. The van der Waals surface area contributed by atoms with Gasteiger partial charge in [-0.05, 0) is 50.6 Å². The van der Waals surface area contributed by atoms with Gasteiger partial charge in [0.05, 0.1) is 16.7 Å². The number of halogens is 2. The predicted molar refractivity (Wildman–Crippen MR) is 110 cm³/mol. The van der Waals surface area contributed by atoms with Crippen LogP contribution in [0.3, 0.4) is 0 Å². The lowest BCUT2D eigenvalue weighted by Gasteiger charge is -2.38. The molecule has 0 bridgehead atoms. The van der Waals surface area contributed by atoms with Crippen molar-refractivity contribution in [3.8, 4) is 0 Å². The van der Waals surface area contributed by atoms with Gasteiger partial charge in [-0.2, -0.15) is 0 Å². The Bertz CT molecular complexity index is 700. The van der Waals surface area contributed by atoms with Crippen molar-refractivity contribution in [1.82, 2.24) is 14.7 Å². The molecule has 0 aliphatic carbocycles. The number of ether oxygens (including phenoxy) is 1. The minimum Gasteiger partial charge on any atom is -0.450 e. The molecule has 0 saturated carbocycles. The maximum absolute atomic E-state index is 12.8. The Morgan fingerprint density at radius 2 is 1.64 bits per heavy atom. The lowest BCUT2D eigenvalue weighted by molar-refractivity contribution is -0.138. The summed E-state index contributed by atoms with van der Waals surface area (Å²) < 4.78 is 5.03. The second-order valence-electron chi connectivity index (χ2n) is 7.31. The van der Waals surface area contributed by atoms with Crippen molar-refractivity contribution in [2.75, 3.05) is 45.9 Å². The quantitative estimate of drug-likeness (QED) is 0.737. The third kappa shape index (κ3) is 5.31. The summed E-state index contributed by atoms with van der Waals surface area (Å²) in [6.45, 7) is 7.02. The van der Waals surface area contributed by atoms with Crippen LogP contribution in [-0.4, -0.2) is 72.6 Å². The van der Waals surface area contributed by atoms with Gasteiger partial charge in [0, 0.05) is 38.6 Å². The molecular formula is C20H27Cl2N3O3. The molecule has 0 spiro atoms. The normalized spacial score (nSPS) is 19.0. The van der Waals surface area contributed by atoms with Crippen molar-refractivity contribution in [2.24, 2.45) is 5.92 Å². The van der Waals surface area contributed by atoms with Gasteiger partial charge in [-0.1, -0.05) is 29.3 Å². The molecule has 6 nitrogen and oxygen atoms in total. The summed E-state index contributed by atoms with van der Waals surface area (Å²) in [4.78, 5) is 30.5. The van der Waals surface area contributed by atoms with Crippen LogP contribution < -0.4 is 0 Å². The van der Waals surface area contributed by atoms with Crippen LogP contribution in [0.1, 0.15) is 25.3 Å². The number of nitrogens with zero attached hydrogens (tertiary/aromatic N) is 3. The zero-order valence-electron chi connectivity index (χ0n) is 16.2. The number of likely N-dealkylation sites (tertiary alicyclic amines) is 1. The van der Waals surface area contributed by atoms with Crippen LogP contribution in [0.25, 0.3) is 0 Å². The fourth-order valence-corrected chi connectivity index (χ4v) is 4.14. The second kappa shape index (κ2) is 9.81. The van der Waals surface area contributed by atoms with E-state index in [0.717, 1.165) is 38.0 Å². The number of piperidine rings is 1. The molecule has 0 aromatic heterocycles. The molecule has 154 valence electrons. The number of benzene rings is 1.